The van der Waals surface area contributed by atoms with E-state index in [1.807, 2.05) is 13.8 Å². The van der Waals surface area contributed by atoms with E-state index in [-0.39, 0.29) is 18.4 Å². The molecule has 1 aromatic heterocycles. The molecule has 0 radical (unpaired) electrons. The largest absolute Gasteiger partial charge is 0.491 e. The van der Waals surface area contributed by atoms with Gasteiger partial charge in [-0.3, -0.25) is 24.3 Å². The SMILES string of the molecule is CC(=O)C(O)[C@H]1O[C@@H](Oc2n[nH]c(C)c2Cc2ccc(OC(C)C)cc2)[C@@](O)(C(C)=O)[C@](O)(C(C)=O)[C@@]1(O)C(C)=O. The molecule has 13 nitrogen and oxygen atoms in total. The van der Waals surface area contributed by atoms with Crippen LogP contribution in [0.3, 0.4) is 0 Å². The Morgan fingerprint density at radius 1 is 0.976 bits per heavy atom. The number of carbonyl (C=O) groups is 4. The Hall–Kier alpha value is -3.49. The number of aliphatic hydroxyl groups excluding tert-OH is 1. The number of rotatable bonds is 11. The summed E-state index contributed by atoms with van der Waals surface area (Å²) in [6, 6.07) is 7.15. The Morgan fingerprint density at radius 2 is 1.54 bits per heavy atom. The first-order valence-electron chi connectivity index (χ1n) is 12.9. The number of nitrogens with one attached hydrogen (secondary N) is 1. The zero-order chi connectivity index (χ0) is 31.1. The molecule has 0 bridgehead atoms. The third kappa shape index (κ3) is 5.19. The van der Waals surface area contributed by atoms with Gasteiger partial charge in [0, 0.05) is 17.7 Å². The minimum Gasteiger partial charge on any atom is -0.491 e. The number of aryl methyl sites for hydroxylation is 1. The lowest BCUT2D eigenvalue weighted by atomic mass is 9.60. The molecule has 6 atom stereocenters. The van der Waals surface area contributed by atoms with Crippen LogP contribution < -0.4 is 9.47 Å². The zero-order valence-electron chi connectivity index (χ0n) is 23.9. The summed E-state index contributed by atoms with van der Waals surface area (Å²) in [7, 11) is 0. The molecule has 3 rings (SSSR count). The monoisotopic (exact) mass is 576 g/mol. The first kappa shape index (κ1) is 32.0. The Bertz CT molecular complexity index is 1340. The van der Waals surface area contributed by atoms with Crippen LogP contribution in [-0.2, 0) is 30.3 Å². The van der Waals surface area contributed by atoms with Crippen molar-refractivity contribution in [2.75, 3.05) is 0 Å². The maximum atomic E-state index is 12.9. The first-order chi connectivity index (χ1) is 18.9. The number of aromatic nitrogens is 2. The van der Waals surface area contributed by atoms with Crippen LogP contribution in [0.2, 0.25) is 0 Å². The van der Waals surface area contributed by atoms with Gasteiger partial charge in [-0.2, -0.15) is 0 Å². The van der Waals surface area contributed by atoms with E-state index in [1.54, 1.807) is 31.2 Å². The summed E-state index contributed by atoms with van der Waals surface area (Å²) in [6.07, 6.45) is -6.72. The summed E-state index contributed by atoms with van der Waals surface area (Å²) < 4.78 is 17.0. The van der Waals surface area contributed by atoms with Gasteiger partial charge in [-0.05, 0) is 66.2 Å². The van der Waals surface area contributed by atoms with Crippen molar-refractivity contribution in [2.45, 2.75) is 96.3 Å². The number of hydrogen-bond donors (Lipinski definition) is 5. The van der Waals surface area contributed by atoms with Crippen LogP contribution in [0, 0.1) is 6.92 Å². The lowest BCUT2D eigenvalue weighted by molar-refractivity contribution is -0.358. The molecule has 0 saturated carbocycles. The Balaban J connectivity index is 2.12. The van der Waals surface area contributed by atoms with Crippen LogP contribution in [-0.4, -0.2) is 95.2 Å². The van der Waals surface area contributed by atoms with Crippen molar-refractivity contribution >= 4 is 23.1 Å². The molecule has 1 fully saturated rings. The fourth-order valence-electron chi connectivity index (χ4n) is 5.04. The quantitative estimate of drug-likeness (QED) is 0.242. The van der Waals surface area contributed by atoms with E-state index in [4.69, 9.17) is 14.2 Å². The number of benzene rings is 1. The molecule has 1 aliphatic heterocycles. The number of hydrogen-bond acceptors (Lipinski definition) is 12. The minimum absolute atomic E-state index is 0.0212. The van der Waals surface area contributed by atoms with Gasteiger partial charge >= 0.3 is 0 Å². The highest BCUT2D eigenvalue weighted by Gasteiger charge is 2.80. The fraction of sp³-hybridized carbons (Fsp3) is 0.536. The molecular weight excluding hydrogens is 540 g/mol. The highest BCUT2D eigenvalue weighted by atomic mass is 16.7. The van der Waals surface area contributed by atoms with E-state index >= 15 is 0 Å². The van der Waals surface area contributed by atoms with E-state index < -0.39 is 58.4 Å². The van der Waals surface area contributed by atoms with Crippen molar-refractivity contribution in [3.05, 3.63) is 41.1 Å². The fourth-order valence-corrected chi connectivity index (χ4v) is 5.04. The van der Waals surface area contributed by atoms with Gasteiger partial charge in [-0.25, -0.2) is 0 Å². The van der Waals surface area contributed by atoms with Gasteiger partial charge in [-0.15, -0.1) is 5.10 Å². The number of H-pyrrole nitrogens is 1. The summed E-state index contributed by atoms with van der Waals surface area (Å²) in [5.41, 5.74) is -8.70. The summed E-state index contributed by atoms with van der Waals surface area (Å²) in [5, 5.41) is 52.2. The molecule has 1 aromatic carbocycles. The van der Waals surface area contributed by atoms with Crippen LogP contribution >= 0.6 is 0 Å². The minimum atomic E-state index is -3.61. The van der Waals surface area contributed by atoms with Crippen LogP contribution in [0.25, 0.3) is 0 Å². The number of nitrogens with zero attached hydrogens (tertiary/aromatic N) is 1. The van der Waals surface area contributed by atoms with Crippen molar-refractivity contribution in [2.24, 2.45) is 0 Å². The lowest BCUT2D eigenvalue weighted by Crippen LogP contribution is -2.87. The predicted molar refractivity (Wildman–Crippen MR) is 141 cm³/mol. The van der Waals surface area contributed by atoms with E-state index in [0.717, 1.165) is 33.3 Å². The number of ketones is 4. The molecule has 224 valence electrons. The van der Waals surface area contributed by atoms with Crippen molar-refractivity contribution in [3.63, 3.8) is 0 Å². The molecule has 0 spiro atoms. The maximum Gasteiger partial charge on any atom is 0.242 e. The highest BCUT2D eigenvalue weighted by Crippen LogP contribution is 2.48. The van der Waals surface area contributed by atoms with Crippen LogP contribution in [0.4, 0.5) is 0 Å². The van der Waals surface area contributed by atoms with E-state index in [0.29, 0.717) is 17.0 Å². The molecule has 2 aromatic rings. The molecule has 41 heavy (non-hydrogen) atoms. The van der Waals surface area contributed by atoms with Gasteiger partial charge < -0.3 is 34.6 Å². The average molecular weight is 577 g/mol. The molecule has 1 saturated heterocycles. The number of Topliss-reactive ketones (excluding diaryl/α,β-unsaturated/α-hetero) is 4. The van der Waals surface area contributed by atoms with Gasteiger partial charge in [-0.1, -0.05) is 12.1 Å². The Labute approximate surface area is 236 Å². The first-order valence-corrected chi connectivity index (χ1v) is 12.9. The normalized spacial score (nSPS) is 28.7. The molecule has 2 heterocycles. The third-order valence-electron chi connectivity index (χ3n) is 7.34. The van der Waals surface area contributed by atoms with Crippen molar-refractivity contribution in [3.8, 4) is 11.6 Å². The standard InChI is InChI=1S/C28H36N2O11/c1-13(2)39-20-10-8-19(9-11-20)12-21-14(3)29-30-24(21)41-25-27(37,17(6)33)28(38,18(7)34)26(36,16(5)32)23(40-25)22(35)15(4)31/h8-11,13,22-23,25,35-38H,12H2,1-7H3,(H,29,30)/t22?,23-,25+,26-,27+,28+/m1/s1. The van der Waals surface area contributed by atoms with Crippen LogP contribution in [0.5, 0.6) is 11.6 Å². The molecule has 0 amide bonds. The van der Waals surface area contributed by atoms with Crippen LogP contribution in [0.15, 0.2) is 24.3 Å². The molecule has 0 aliphatic carbocycles. The highest BCUT2D eigenvalue weighted by molar-refractivity contribution is 6.05. The molecule has 1 unspecified atom stereocenters. The van der Waals surface area contributed by atoms with Gasteiger partial charge in [0.25, 0.3) is 0 Å². The zero-order valence-corrected chi connectivity index (χ0v) is 23.9. The third-order valence-corrected chi connectivity index (χ3v) is 7.34. The number of aliphatic hydroxyl groups is 4. The van der Waals surface area contributed by atoms with Crippen LogP contribution in [0.1, 0.15) is 58.4 Å². The summed E-state index contributed by atoms with van der Waals surface area (Å²) >= 11 is 0. The van der Waals surface area contributed by atoms with Crippen molar-refractivity contribution < 1.29 is 53.8 Å². The smallest absolute Gasteiger partial charge is 0.242 e. The lowest BCUT2D eigenvalue weighted by Gasteiger charge is -2.57. The van der Waals surface area contributed by atoms with Crippen molar-refractivity contribution in [1.82, 2.24) is 10.2 Å². The number of carbonyl (C=O) groups excluding carboxylic acids is 4. The van der Waals surface area contributed by atoms with Gasteiger partial charge in [0.15, 0.2) is 28.7 Å². The molecule has 5 N–H and O–H groups in total. The number of ether oxygens (including phenoxy) is 3. The second-order valence-corrected chi connectivity index (χ2v) is 10.6. The Morgan fingerprint density at radius 3 is 2.00 bits per heavy atom. The summed E-state index contributed by atoms with van der Waals surface area (Å²) in [6.45, 7) is 8.62. The molecular formula is C28H36N2O11. The maximum absolute atomic E-state index is 12.9. The summed E-state index contributed by atoms with van der Waals surface area (Å²) in [5.74, 6) is -4.67. The second-order valence-electron chi connectivity index (χ2n) is 10.6. The van der Waals surface area contributed by atoms with E-state index in [9.17, 15) is 39.6 Å². The van der Waals surface area contributed by atoms with Gasteiger partial charge in [0.05, 0.1) is 6.10 Å². The Kier molecular flexibility index (Phi) is 8.92. The van der Waals surface area contributed by atoms with Gasteiger partial charge in [0.1, 0.15) is 18.0 Å². The predicted octanol–water partition coefficient (Wildman–Crippen LogP) is 0.110. The summed E-state index contributed by atoms with van der Waals surface area (Å²) in [4.78, 5) is 50.7. The van der Waals surface area contributed by atoms with Gasteiger partial charge in [0.2, 0.25) is 23.4 Å². The molecule has 1 aliphatic rings. The second kappa shape index (κ2) is 11.4. The topological polar surface area (TPSA) is 206 Å². The van der Waals surface area contributed by atoms with E-state index in [2.05, 4.69) is 10.2 Å². The van der Waals surface area contributed by atoms with Crippen molar-refractivity contribution in [1.29, 1.82) is 0 Å². The number of aromatic amines is 1. The molecule has 13 heteroatoms. The average Bonchev–Trinajstić information content (AvgIpc) is 3.22. The van der Waals surface area contributed by atoms with E-state index in [1.165, 1.54) is 0 Å².